The maximum Gasteiger partial charge on any atom is 0.224 e. The fraction of sp³-hybridized carbons (Fsp3) is 0.300. The van der Waals surface area contributed by atoms with Gasteiger partial charge < -0.3 is 15.4 Å². The second-order valence-electron chi connectivity index (χ2n) is 6.07. The van der Waals surface area contributed by atoms with Crippen molar-refractivity contribution in [3.63, 3.8) is 0 Å². The van der Waals surface area contributed by atoms with Crippen molar-refractivity contribution >= 4 is 17.5 Å². The molecule has 25 heavy (non-hydrogen) atoms. The van der Waals surface area contributed by atoms with Crippen LogP contribution in [0.1, 0.15) is 30.0 Å². The van der Waals surface area contributed by atoms with Crippen molar-refractivity contribution in [3.05, 3.63) is 59.2 Å². The van der Waals surface area contributed by atoms with E-state index in [1.165, 1.54) is 0 Å². The van der Waals surface area contributed by atoms with E-state index in [2.05, 4.69) is 10.6 Å². The first-order valence-corrected chi connectivity index (χ1v) is 8.54. The second-order valence-corrected chi connectivity index (χ2v) is 6.07. The number of fused-ring (bicyclic) bond motifs is 1. The van der Waals surface area contributed by atoms with Gasteiger partial charge in [-0.3, -0.25) is 9.59 Å². The summed E-state index contributed by atoms with van der Waals surface area (Å²) in [5.41, 5.74) is 3.99. The summed E-state index contributed by atoms with van der Waals surface area (Å²) >= 11 is 0. The maximum absolute atomic E-state index is 12.1. The van der Waals surface area contributed by atoms with E-state index in [4.69, 9.17) is 4.74 Å². The lowest BCUT2D eigenvalue weighted by Crippen LogP contribution is -2.25. The molecule has 0 spiro atoms. The smallest absolute Gasteiger partial charge is 0.224 e. The Bertz CT molecular complexity index is 769. The lowest BCUT2D eigenvalue weighted by Gasteiger charge is -2.17. The number of carbonyl (C=O) groups excluding carboxylic acids is 2. The number of benzene rings is 2. The molecule has 5 nitrogen and oxygen atoms in total. The van der Waals surface area contributed by atoms with Crippen molar-refractivity contribution in [2.24, 2.45) is 0 Å². The Balaban J connectivity index is 1.53. The first kappa shape index (κ1) is 17.0. The zero-order chi connectivity index (χ0) is 17.6. The molecule has 2 aromatic carbocycles. The van der Waals surface area contributed by atoms with E-state index >= 15 is 0 Å². The van der Waals surface area contributed by atoms with Crippen LogP contribution in [0.15, 0.2) is 42.5 Å². The number of ether oxygens (including phenoxy) is 1. The van der Waals surface area contributed by atoms with Crippen LogP contribution in [0.3, 0.4) is 0 Å². The lowest BCUT2D eigenvalue weighted by atomic mass is 10.0. The van der Waals surface area contributed by atoms with E-state index in [1.807, 2.05) is 49.4 Å². The maximum atomic E-state index is 12.1. The van der Waals surface area contributed by atoms with Crippen molar-refractivity contribution < 1.29 is 14.3 Å². The van der Waals surface area contributed by atoms with E-state index in [0.717, 1.165) is 34.5 Å². The third-order valence-corrected chi connectivity index (χ3v) is 4.15. The molecule has 0 saturated heterocycles. The molecule has 0 radical (unpaired) electrons. The van der Waals surface area contributed by atoms with Crippen molar-refractivity contribution in [2.45, 2.75) is 32.7 Å². The van der Waals surface area contributed by atoms with Crippen LogP contribution in [0, 0.1) is 0 Å². The van der Waals surface area contributed by atoms with Gasteiger partial charge in [-0.15, -0.1) is 0 Å². The molecule has 2 amide bonds. The summed E-state index contributed by atoms with van der Waals surface area (Å²) in [5.74, 6) is 0.854. The summed E-state index contributed by atoms with van der Waals surface area (Å²) < 4.78 is 5.40. The van der Waals surface area contributed by atoms with Crippen molar-refractivity contribution in [3.8, 4) is 5.75 Å². The highest BCUT2D eigenvalue weighted by Crippen LogP contribution is 2.23. The fourth-order valence-corrected chi connectivity index (χ4v) is 2.87. The first-order valence-electron chi connectivity index (χ1n) is 8.54. The molecule has 5 heteroatoms. The molecule has 0 aliphatic carbocycles. The second kappa shape index (κ2) is 7.83. The standard InChI is InChI=1S/C20H22N2O3/c1-2-25-17-7-3-14(4-8-17)12-20(24)21-13-15-5-9-18-16(11-15)6-10-19(23)22-18/h3-5,7-9,11H,2,6,10,12-13H2,1H3,(H,21,24)(H,22,23). The molecule has 130 valence electrons. The van der Waals surface area contributed by atoms with Crippen molar-refractivity contribution in [1.29, 1.82) is 0 Å². The summed E-state index contributed by atoms with van der Waals surface area (Å²) in [4.78, 5) is 23.5. The molecule has 3 rings (SSSR count). The summed E-state index contributed by atoms with van der Waals surface area (Å²) in [6.07, 6.45) is 1.60. The molecule has 0 bridgehead atoms. The van der Waals surface area contributed by atoms with Crippen LogP contribution >= 0.6 is 0 Å². The predicted octanol–water partition coefficient (Wildman–Crippen LogP) is 2.83. The number of aryl methyl sites for hydroxylation is 1. The Morgan fingerprint density at radius 3 is 2.64 bits per heavy atom. The molecule has 0 atom stereocenters. The number of nitrogens with one attached hydrogen (secondary N) is 2. The average Bonchev–Trinajstić information content (AvgIpc) is 2.62. The van der Waals surface area contributed by atoms with Gasteiger partial charge in [-0.2, -0.15) is 0 Å². The number of hydrogen-bond donors (Lipinski definition) is 2. The Hall–Kier alpha value is -2.82. The molecular formula is C20H22N2O3. The predicted molar refractivity (Wildman–Crippen MR) is 96.6 cm³/mol. The van der Waals surface area contributed by atoms with E-state index in [9.17, 15) is 9.59 Å². The summed E-state index contributed by atoms with van der Waals surface area (Å²) in [6, 6.07) is 13.5. The van der Waals surface area contributed by atoms with E-state index in [-0.39, 0.29) is 11.8 Å². The van der Waals surface area contributed by atoms with Gasteiger partial charge in [0, 0.05) is 18.7 Å². The first-order chi connectivity index (χ1) is 12.1. The molecule has 1 aliphatic heterocycles. The van der Waals surface area contributed by atoms with Gasteiger partial charge in [-0.05, 0) is 48.2 Å². The molecule has 2 aromatic rings. The van der Waals surface area contributed by atoms with Crippen LogP contribution in [0.2, 0.25) is 0 Å². The van der Waals surface area contributed by atoms with Crippen molar-refractivity contribution in [1.82, 2.24) is 5.32 Å². The number of anilines is 1. The molecule has 1 heterocycles. The lowest BCUT2D eigenvalue weighted by molar-refractivity contribution is -0.120. The van der Waals surface area contributed by atoms with Crippen LogP contribution < -0.4 is 15.4 Å². The average molecular weight is 338 g/mol. The fourth-order valence-electron chi connectivity index (χ4n) is 2.87. The normalized spacial score (nSPS) is 12.9. The van der Waals surface area contributed by atoms with Gasteiger partial charge in [0.15, 0.2) is 0 Å². The van der Waals surface area contributed by atoms with E-state index in [1.54, 1.807) is 0 Å². The Labute approximate surface area is 147 Å². The van der Waals surface area contributed by atoms with Gasteiger partial charge in [-0.1, -0.05) is 24.3 Å². The van der Waals surface area contributed by atoms with Crippen LogP contribution in [-0.4, -0.2) is 18.4 Å². The van der Waals surface area contributed by atoms with Crippen LogP contribution in [-0.2, 0) is 29.0 Å². The number of amides is 2. The van der Waals surface area contributed by atoms with E-state index < -0.39 is 0 Å². The third kappa shape index (κ3) is 4.59. The highest BCUT2D eigenvalue weighted by molar-refractivity contribution is 5.93. The minimum absolute atomic E-state index is 0.0183. The minimum Gasteiger partial charge on any atom is -0.494 e. The van der Waals surface area contributed by atoms with Gasteiger partial charge >= 0.3 is 0 Å². The molecular weight excluding hydrogens is 316 g/mol. The van der Waals surface area contributed by atoms with E-state index in [0.29, 0.717) is 26.0 Å². The molecule has 0 unspecified atom stereocenters. The number of carbonyl (C=O) groups is 2. The number of hydrogen-bond acceptors (Lipinski definition) is 3. The summed E-state index contributed by atoms with van der Waals surface area (Å²) in [5, 5.41) is 5.81. The topological polar surface area (TPSA) is 67.4 Å². The monoisotopic (exact) mass is 338 g/mol. The molecule has 1 aliphatic rings. The van der Waals surface area contributed by atoms with Gasteiger partial charge in [0.25, 0.3) is 0 Å². The Morgan fingerprint density at radius 2 is 1.88 bits per heavy atom. The zero-order valence-corrected chi connectivity index (χ0v) is 14.3. The summed E-state index contributed by atoms with van der Waals surface area (Å²) in [7, 11) is 0. The Kier molecular flexibility index (Phi) is 5.33. The van der Waals surface area contributed by atoms with Crippen molar-refractivity contribution in [2.75, 3.05) is 11.9 Å². The quantitative estimate of drug-likeness (QED) is 0.851. The van der Waals surface area contributed by atoms with Gasteiger partial charge in [0.1, 0.15) is 5.75 Å². The minimum atomic E-state index is -0.0183. The van der Waals surface area contributed by atoms with Crippen LogP contribution in [0.25, 0.3) is 0 Å². The van der Waals surface area contributed by atoms with Crippen LogP contribution in [0.4, 0.5) is 5.69 Å². The zero-order valence-electron chi connectivity index (χ0n) is 14.3. The SMILES string of the molecule is CCOc1ccc(CC(=O)NCc2ccc3c(c2)CCC(=O)N3)cc1. The van der Waals surface area contributed by atoms with Crippen LogP contribution in [0.5, 0.6) is 5.75 Å². The Morgan fingerprint density at radius 1 is 1.12 bits per heavy atom. The highest BCUT2D eigenvalue weighted by atomic mass is 16.5. The van der Waals surface area contributed by atoms with Gasteiger partial charge in [0.2, 0.25) is 11.8 Å². The van der Waals surface area contributed by atoms with Gasteiger partial charge in [0.05, 0.1) is 13.0 Å². The molecule has 0 fully saturated rings. The largest absolute Gasteiger partial charge is 0.494 e. The van der Waals surface area contributed by atoms with Gasteiger partial charge in [-0.25, -0.2) is 0 Å². The summed E-state index contributed by atoms with van der Waals surface area (Å²) in [6.45, 7) is 3.05. The number of rotatable bonds is 6. The highest BCUT2D eigenvalue weighted by Gasteiger charge is 2.14. The molecule has 0 aromatic heterocycles. The third-order valence-electron chi connectivity index (χ3n) is 4.15. The molecule has 2 N–H and O–H groups in total. The molecule has 0 saturated carbocycles.